The minimum Gasteiger partial charge on any atom is -0.320 e. The highest BCUT2D eigenvalue weighted by Gasteiger charge is 2.12. The van der Waals surface area contributed by atoms with Crippen LogP contribution in [0.4, 0.5) is 5.69 Å². The Morgan fingerprint density at radius 1 is 1.42 bits per heavy atom. The van der Waals surface area contributed by atoms with E-state index in [0.29, 0.717) is 17.1 Å². The largest absolute Gasteiger partial charge is 0.320 e. The number of nitrogens with one attached hydrogen (secondary N) is 1. The second kappa shape index (κ2) is 6.02. The fraction of sp³-hybridized carbons (Fsp3) is 0.167. The zero-order chi connectivity index (χ0) is 14.0. The predicted octanol–water partition coefficient (Wildman–Crippen LogP) is 3.71. The normalized spacial score (nSPS) is 10.5. The number of rotatable bonds is 3. The molecule has 0 aliphatic heterocycles. The van der Waals surface area contributed by atoms with Gasteiger partial charge in [-0.15, -0.1) is 11.3 Å². The average molecular weight is 406 g/mol. The summed E-state index contributed by atoms with van der Waals surface area (Å²) in [7, 11) is 0. The van der Waals surface area contributed by atoms with Gasteiger partial charge in [-0.2, -0.15) is 0 Å². The smallest absolute Gasteiger partial charge is 0.265 e. The summed E-state index contributed by atoms with van der Waals surface area (Å²) < 4.78 is 3.26. The van der Waals surface area contributed by atoms with E-state index in [-0.39, 0.29) is 11.5 Å². The highest BCUT2D eigenvalue weighted by Crippen LogP contribution is 2.32. The van der Waals surface area contributed by atoms with E-state index in [0.717, 1.165) is 8.26 Å². The summed E-state index contributed by atoms with van der Waals surface area (Å²) in [5.74, 6) is -0.197. The minimum absolute atomic E-state index is 0.0814. The molecule has 0 aliphatic carbocycles. The van der Waals surface area contributed by atoms with Crippen molar-refractivity contribution in [1.82, 2.24) is 4.57 Å². The molecule has 19 heavy (non-hydrogen) atoms. The molecule has 0 aliphatic rings. The molecule has 2 rings (SSSR count). The van der Waals surface area contributed by atoms with Crippen LogP contribution in [0, 0.1) is 0 Å². The van der Waals surface area contributed by atoms with Crippen LogP contribution in [0.2, 0.25) is 0 Å². The Morgan fingerprint density at radius 2 is 2.16 bits per heavy atom. The van der Waals surface area contributed by atoms with Gasteiger partial charge in [-0.1, -0.05) is 0 Å². The molecule has 0 radical (unpaired) electrons. The van der Waals surface area contributed by atoms with Crippen LogP contribution >= 0.6 is 43.2 Å². The first-order valence-corrected chi connectivity index (χ1v) is 7.88. The van der Waals surface area contributed by atoms with Crippen molar-refractivity contribution in [2.45, 2.75) is 13.5 Å². The third-order valence-corrected chi connectivity index (χ3v) is 5.71. The number of carbonyl (C=O) groups excluding carboxylic acids is 1. The summed E-state index contributed by atoms with van der Waals surface area (Å²) >= 11 is 8.03. The number of hydrogen-bond acceptors (Lipinski definition) is 3. The molecule has 7 heteroatoms. The van der Waals surface area contributed by atoms with Gasteiger partial charge in [0.1, 0.15) is 0 Å². The quantitative estimate of drug-likeness (QED) is 0.846. The highest BCUT2D eigenvalue weighted by atomic mass is 79.9. The molecule has 0 fully saturated rings. The van der Waals surface area contributed by atoms with Crippen LogP contribution in [0.3, 0.4) is 0 Å². The molecule has 2 aromatic heterocycles. The summed E-state index contributed by atoms with van der Waals surface area (Å²) in [4.78, 5) is 24.1. The number of halogens is 2. The number of aryl methyl sites for hydroxylation is 1. The first kappa shape index (κ1) is 14.5. The first-order chi connectivity index (χ1) is 9.01. The molecule has 1 amide bonds. The number of hydrogen-bond donors (Lipinski definition) is 1. The lowest BCUT2D eigenvalue weighted by molar-refractivity contribution is 0.103. The maximum Gasteiger partial charge on any atom is 0.265 e. The minimum atomic E-state index is -0.197. The monoisotopic (exact) mass is 404 g/mol. The van der Waals surface area contributed by atoms with Crippen LogP contribution in [-0.4, -0.2) is 10.5 Å². The van der Waals surface area contributed by atoms with Gasteiger partial charge < -0.3 is 9.88 Å². The van der Waals surface area contributed by atoms with Crippen molar-refractivity contribution in [1.29, 1.82) is 0 Å². The summed E-state index contributed by atoms with van der Waals surface area (Å²) in [6.07, 6.45) is 1.64. The average Bonchev–Trinajstić information content (AvgIpc) is 2.72. The Morgan fingerprint density at radius 3 is 2.74 bits per heavy atom. The van der Waals surface area contributed by atoms with Crippen molar-refractivity contribution >= 4 is 54.8 Å². The number of pyridine rings is 1. The molecule has 0 spiro atoms. The molecule has 0 bridgehead atoms. The van der Waals surface area contributed by atoms with Crippen LogP contribution in [0.25, 0.3) is 0 Å². The number of thiophene rings is 1. The molecule has 100 valence electrons. The van der Waals surface area contributed by atoms with E-state index in [1.807, 2.05) is 6.92 Å². The van der Waals surface area contributed by atoms with Gasteiger partial charge in [0.05, 0.1) is 14.4 Å². The summed E-state index contributed by atoms with van der Waals surface area (Å²) in [6.45, 7) is 2.44. The van der Waals surface area contributed by atoms with Crippen LogP contribution in [0.1, 0.15) is 16.6 Å². The van der Waals surface area contributed by atoms with Crippen LogP contribution in [-0.2, 0) is 6.54 Å². The number of nitrogens with zero attached hydrogens (tertiary/aromatic N) is 1. The lowest BCUT2D eigenvalue weighted by atomic mass is 10.3. The Kier molecular flexibility index (Phi) is 4.59. The molecule has 0 saturated heterocycles. The third-order valence-electron chi connectivity index (χ3n) is 2.45. The van der Waals surface area contributed by atoms with E-state index in [2.05, 4.69) is 37.2 Å². The zero-order valence-corrected chi connectivity index (χ0v) is 13.9. The number of aromatic nitrogens is 1. The molecular weight excluding hydrogens is 396 g/mol. The van der Waals surface area contributed by atoms with Crippen LogP contribution in [0.15, 0.2) is 37.4 Å². The number of carbonyl (C=O) groups is 1. The standard InChI is InChI=1S/C12H10Br2N2O2S/c1-2-16-6-7(3-4-10(16)17)15-12(18)9-5-8(13)11(14)19-9/h3-6H,2H2,1H3,(H,15,18). The Bertz CT molecular complexity index is 659. The van der Waals surface area contributed by atoms with Crippen LogP contribution < -0.4 is 10.9 Å². The molecule has 0 unspecified atom stereocenters. The van der Waals surface area contributed by atoms with Gasteiger partial charge in [0.15, 0.2) is 0 Å². The maximum absolute atomic E-state index is 12.0. The molecule has 1 N–H and O–H groups in total. The van der Waals surface area contributed by atoms with Crippen LogP contribution in [0.5, 0.6) is 0 Å². The molecular formula is C12H10Br2N2O2S. The molecule has 0 aromatic carbocycles. The number of anilines is 1. The summed E-state index contributed by atoms with van der Waals surface area (Å²) in [6, 6.07) is 4.80. The van der Waals surface area contributed by atoms with Gasteiger partial charge in [-0.05, 0) is 50.9 Å². The van der Waals surface area contributed by atoms with E-state index in [1.165, 1.54) is 22.0 Å². The lowest BCUT2D eigenvalue weighted by Crippen LogP contribution is -2.19. The Labute approximate surface area is 130 Å². The molecule has 4 nitrogen and oxygen atoms in total. The summed E-state index contributed by atoms with van der Waals surface area (Å²) in [5.41, 5.74) is 0.522. The SMILES string of the molecule is CCn1cc(NC(=O)c2cc(Br)c(Br)s2)ccc1=O. The fourth-order valence-corrected chi connectivity index (χ4v) is 3.43. The van der Waals surface area contributed by atoms with Gasteiger partial charge in [0.25, 0.3) is 11.5 Å². The van der Waals surface area contributed by atoms with Crippen molar-refractivity contribution < 1.29 is 4.79 Å². The van der Waals surface area contributed by atoms with Crippen molar-refractivity contribution in [3.05, 3.63) is 47.9 Å². The van der Waals surface area contributed by atoms with Gasteiger partial charge in [-0.25, -0.2) is 0 Å². The molecule has 2 heterocycles. The second-order valence-electron chi connectivity index (χ2n) is 3.73. The van der Waals surface area contributed by atoms with Crippen molar-refractivity contribution in [3.63, 3.8) is 0 Å². The zero-order valence-electron chi connectivity index (χ0n) is 9.94. The van der Waals surface area contributed by atoms with E-state index in [9.17, 15) is 9.59 Å². The van der Waals surface area contributed by atoms with Gasteiger partial charge >= 0.3 is 0 Å². The molecule has 2 aromatic rings. The van der Waals surface area contributed by atoms with E-state index in [1.54, 1.807) is 18.3 Å². The maximum atomic E-state index is 12.0. The lowest BCUT2D eigenvalue weighted by Gasteiger charge is -2.06. The second-order valence-corrected chi connectivity index (χ2v) is 6.95. The predicted molar refractivity (Wildman–Crippen MR) is 84.0 cm³/mol. The van der Waals surface area contributed by atoms with Crippen molar-refractivity contribution in [2.24, 2.45) is 0 Å². The topological polar surface area (TPSA) is 51.1 Å². The van der Waals surface area contributed by atoms with E-state index >= 15 is 0 Å². The van der Waals surface area contributed by atoms with Gasteiger partial charge in [0.2, 0.25) is 0 Å². The summed E-state index contributed by atoms with van der Waals surface area (Å²) in [5, 5.41) is 2.77. The van der Waals surface area contributed by atoms with Crippen molar-refractivity contribution in [3.8, 4) is 0 Å². The van der Waals surface area contributed by atoms with E-state index < -0.39 is 0 Å². The molecule has 0 atom stereocenters. The van der Waals surface area contributed by atoms with Crippen molar-refractivity contribution in [2.75, 3.05) is 5.32 Å². The van der Waals surface area contributed by atoms with Gasteiger partial charge in [0, 0.05) is 23.3 Å². The fourth-order valence-electron chi connectivity index (χ4n) is 1.50. The molecule has 0 saturated carbocycles. The third kappa shape index (κ3) is 3.34. The number of amides is 1. The highest BCUT2D eigenvalue weighted by molar-refractivity contribution is 9.13. The Hall–Kier alpha value is -0.920. The van der Waals surface area contributed by atoms with E-state index in [4.69, 9.17) is 0 Å². The van der Waals surface area contributed by atoms with Gasteiger partial charge in [-0.3, -0.25) is 9.59 Å². The Balaban J connectivity index is 2.21. The first-order valence-electron chi connectivity index (χ1n) is 5.48.